The summed E-state index contributed by atoms with van der Waals surface area (Å²) in [7, 11) is 2.15. The lowest BCUT2D eigenvalue weighted by Gasteiger charge is -2.18. The first-order chi connectivity index (χ1) is 45.0. The minimum Gasteiger partial charge on any atom is -0.395 e. The van der Waals surface area contributed by atoms with Gasteiger partial charge in [0.15, 0.2) is 16.9 Å². The van der Waals surface area contributed by atoms with Gasteiger partial charge in [-0.3, -0.25) is 0 Å². The van der Waals surface area contributed by atoms with E-state index in [9.17, 15) is 5.11 Å². The molecule has 3 saturated heterocycles. The SMILES string of the molecule is CCN1CCCC(c2cc3c(F)cc(-c4cc(C)c5nc(C)cn5n4)cc3nn2)CC1.Cc1cn2nc(-c3cc(F)c4cc(C5CCCN(C)CC5)nnc4c3)cc(C)c2n1.Cc1cn2nc(-c3cc(F)c4cc(C5CCCN(CCO)CC5)nnc4c3)cc(C)c2n1. The zero-order valence-corrected chi connectivity index (χ0v) is 54.3. The minimum atomic E-state index is -0.314. The number of halogens is 3. The molecule has 0 spiro atoms. The molecule has 3 atom stereocenters. The number of aryl methyl sites for hydroxylation is 6. The third-order valence-corrected chi connectivity index (χ3v) is 18.8. The van der Waals surface area contributed by atoms with Gasteiger partial charge in [0.1, 0.15) is 17.5 Å². The maximum absolute atomic E-state index is 15.2. The van der Waals surface area contributed by atoms with Crippen LogP contribution in [0.15, 0.2) is 91.4 Å². The molecular formula is C71H79F3N18O. The van der Waals surface area contributed by atoms with Crippen molar-refractivity contribution in [2.45, 2.75) is 124 Å². The Morgan fingerprint density at radius 3 is 1.15 bits per heavy atom. The van der Waals surface area contributed by atoms with Crippen LogP contribution in [0.25, 0.3) is 83.4 Å². The lowest BCUT2D eigenvalue weighted by molar-refractivity contribution is 0.200. The smallest absolute Gasteiger partial charge is 0.156 e. The molecule has 12 aromatic rings. The molecule has 9 aromatic heterocycles. The Bertz CT molecular complexity index is 4740. The maximum Gasteiger partial charge on any atom is 0.156 e. The van der Waals surface area contributed by atoms with Crippen molar-refractivity contribution in [3.05, 3.63) is 160 Å². The summed E-state index contributed by atoms with van der Waals surface area (Å²) >= 11 is 0. The van der Waals surface area contributed by atoms with Crippen LogP contribution in [-0.2, 0) is 0 Å². The molecule has 12 heterocycles. The van der Waals surface area contributed by atoms with Crippen LogP contribution < -0.4 is 0 Å². The van der Waals surface area contributed by atoms with Gasteiger partial charge in [0.05, 0.1) is 93.0 Å². The minimum absolute atomic E-state index is 0.176. The Morgan fingerprint density at radius 2 is 0.774 bits per heavy atom. The number of rotatable bonds is 9. The van der Waals surface area contributed by atoms with Gasteiger partial charge >= 0.3 is 0 Å². The van der Waals surface area contributed by atoms with E-state index in [1.165, 1.54) is 6.07 Å². The lowest BCUT2D eigenvalue weighted by atomic mass is 9.95. The van der Waals surface area contributed by atoms with Gasteiger partial charge in [-0.25, -0.2) is 41.7 Å². The number of β-amino-alcohol motifs (C(OH)–C–C–N with tert-alkyl or cyclic N) is 1. The zero-order valence-electron chi connectivity index (χ0n) is 54.3. The van der Waals surface area contributed by atoms with E-state index in [2.05, 4.69) is 89.5 Å². The molecule has 0 bridgehead atoms. The summed E-state index contributed by atoms with van der Waals surface area (Å²) in [5, 5.41) is 51.2. The molecule has 93 heavy (non-hydrogen) atoms. The number of aliphatic hydroxyl groups excluding tert-OH is 1. The molecule has 480 valence electrons. The van der Waals surface area contributed by atoms with Crippen LogP contribution in [0.5, 0.6) is 0 Å². The number of imidazole rings is 3. The number of hydrogen-bond acceptors (Lipinski definition) is 16. The summed E-state index contributed by atoms with van der Waals surface area (Å²) in [4.78, 5) is 20.5. The number of likely N-dealkylation sites (tertiary alicyclic amines) is 3. The molecule has 22 heteroatoms. The van der Waals surface area contributed by atoms with E-state index in [-0.39, 0.29) is 30.0 Å². The van der Waals surface area contributed by atoms with E-state index in [4.69, 9.17) is 0 Å². The summed E-state index contributed by atoms with van der Waals surface area (Å²) in [6.45, 7) is 22.1. The highest BCUT2D eigenvalue weighted by atomic mass is 19.1. The van der Waals surface area contributed by atoms with Crippen molar-refractivity contribution in [3.8, 4) is 33.8 Å². The van der Waals surface area contributed by atoms with Gasteiger partial charge in [-0.2, -0.15) is 45.9 Å². The van der Waals surface area contributed by atoms with Crippen molar-refractivity contribution >= 4 is 49.7 Å². The van der Waals surface area contributed by atoms with Gasteiger partial charge in [-0.1, -0.05) is 6.92 Å². The number of aliphatic hydroxyl groups is 1. The Morgan fingerprint density at radius 1 is 0.419 bits per heavy atom. The summed E-state index contributed by atoms with van der Waals surface area (Å²) in [6.07, 6.45) is 15.1. The van der Waals surface area contributed by atoms with Gasteiger partial charge in [0.25, 0.3) is 0 Å². The van der Waals surface area contributed by atoms with E-state index < -0.39 is 0 Å². The fourth-order valence-corrected chi connectivity index (χ4v) is 13.7. The van der Waals surface area contributed by atoms with Crippen molar-refractivity contribution < 1.29 is 18.3 Å². The molecule has 1 N–H and O–H groups in total. The molecule has 19 nitrogen and oxygen atoms in total. The highest BCUT2D eigenvalue weighted by Gasteiger charge is 2.25. The quantitative estimate of drug-likeness (QED) is 0.143. The predicted molar refractivity (Wildman–Crippen MR) is 356 cm³/mol. The van der Waals surface area contributed by atoms with E-state index in [0.717, 1.165) is 171 Å². The van der Waals surface area contributed by atoms with E-state index in [1.807, 2.05) is 115 Å². The first-order valence-corrected chi connectivity index (χ1v) is 32.7. The number of aromatic nitrogens is 15. The molecule has 3 aliphatic heterocycles. The summed E-state index contributed by atoms with van der Waals surface area (Å²) in [5.74, 6) is 0.0434. The van der Waals surface area contributed by atoms with Crippen LogP contribution in [0.2, 0.25) is 0 Å². The fourth-order valence-electron chi connectivity index (χ4n) is 13.7. The molecule has 0 radical (unpaired) electrons. The van der Waals surface area contributed by atoms with Crippen LogP contribution in [-0.4, -0.2) is 160 Å². The summed E-state index contributed by atoms with van der Waals surface area (Å²) in [5.41, 5.74) is 16.5. The predicted octanol–water partition coefficient (Wildman–Crippen LogP) is 12.6. The molecule has 3 fully saturated rings. The van der Waals surface area contributed by atoms with Crippen molar-refractivity contribution in [1.82, 2.24) is 89.1 Å². The molecule has 3 unspecified atom stereocenters. The normalized spacial score (nSPS) is 18.0. The Kier molecular flexibility index (Phi) is 18.3. The number of hydrogen-bond donors (Lipinski definition) is 1. The first kappa shape index (κ1) is 63.0. The molecular weight excluding hydrogens is 1180 g/mol. The first-order valence-electron chi connectivity index (χ1n) is 32.7. The fraction of sp³-hybridized carbons (Fsp3) is 0.408. The highest BCUT2D eigenvalue weighted by Crippen LogP contribution is 2.35. The van der Waals surface area contributed by atoms with Crippen molar-refractivity contribution in [2.24, 2.45) is 0 Å². The Hall–Kier alpha value is -8.83. The van der Waals surface area contributed by atoms with Crippen molar-refractivity contribution in [3.63, 3.8) is 0 Å². The second-order valence-electron chi connectivity index (χ2n) is 25.8. The highest BCUT2D eigenvalue weighted by molar-refractivity contribution is 5.86. The van der Waals surface area contributed by atoms with Crippen LogP contribution in [0.3, 0.4) is 0 Å². The molecule has 0 saturated carbocycles. The van der Waals surface area contributed by atoms with Gasteiger partial charge in [0, 0.05) is 57.1 Å². The number of fused-ring (bicyclic) bond motifs is 6. The lowest BCUT2D eigenvalue weighted by Crippen LogP contribution is -2.27. The van der Waals surface area contributed by atoms with Gasteiger partial charge < -0.3 is 19.8 Å². The van der Waals surface area contributed by atoms with E-state index in [1.54, 1.807) is 25.7 Å². The third kappa shape index (κ3) is 13.7. The van der Waals surface area contributed by atoms with Gasteiger partial charge in [0.2, 0.25) is 0 Å². The average Bonchev–Trinajstić information content (AvgIpc) is 1.79. The van der Waals surface area contributed by atoms with Crippen LogP contribution in [0.4, 0.5) is 13.2 Å². The van der Waals surface area contributed by atoms with Gasteiger partial charge in [-0.05, 0) is 242 Å². The molecule has 3 aromatic carbocycles. The third-order valence-electron chi connectivity index (χ3n) is 18.8. The van der Waals surface area contributed by atoms with Crippen LogP contribution in [0.1, 0.15) is 133 Å². The monoisotopic (exact) mass is 1260 g/mol. The second-order valence-corrected chi connectivity index (χ2v) is 25.8. The second kappa shape index (κ2) is 27.0. The number of nitrogens with zero attached hydrogens (tertiary/aromatic N) is 18. The number of benzene rings is 3. The Balaban J connectivity index is 0.000000127. The van der Waals surface area contributed by atoms with Crippen molar-refractivity contribution in [1.29, 1.82) is 0 Å². The molecule has 3 aliphatic rings. The largest absolute Gasteiger partial charge is 0.395 e. The van der Waals surface area contributed by atoms with Crippen LogP contribution >= 0.6 is 0 Å². The van der Waals surface area contributed by atoms with Gasteiger partial charge in [-0.15, -0.1) is 0 Å². The summed E-state index contributed by atoms with van der Waals surface area (Å²) in [6, 6.07) is 21.7. The maximum atomic E-state index is 15.2. The molecule has 15 rings (SSSR count). The van der Waals surface area contributed by atoms with E-state index >= 15 is 13.2 Å². The zero-order chi connectivity index (χ0) is 64.6. The van der Waals surface area contributed by atoms with E-state index in [0.29, 0.717) is 84.9 Å². The summed E-state index contributed by atoms with van der Waals surface area (Å²) < 4.78 is 50.7. The topological polar surface area (TPSA) is 198 Å². The standard InChI is InChI=1S/C24H27FN6O.C24H27FN6.C23H25FN6/c1-15-10-22(29-31-14-16(2)26-24(15)31)18-11-20(25)19-13-21(27-28-23(19)12-18)17-4-3-6-30(7-5-17)8-9-32;1-4-30-8-5-6-17(7-9-30)21-13-19-20(25)11-18(12-23(19)28-27-21)22-10-15(2)24-26-16(3)14-31(24)29-22;1-14-9-21(28-30-13-15(2)25-23(14)30)17-10-19(24)18-12-20(26-27-22(18)11-17)16-5-4-7-29(3)8-6-16/h10-14,17,32H,3-9H2,1-2H3;10-14,17H,4-9H2,1-3H3;9-13,16H,4-8H2,1-3H3. The van der Waals surface area contributed by atoms with Crippen LogP contribution in [0, 0.1) is 59.0 Å². The van der Waals surface area contributed by atoms with Crippen molar-refractivity contribution in [2.75, 3.05) is 66.0 Å². The molecule has 0 amide bonds. The average molecular weight is 1260 g/mol. The Labute approximate surface area is 538 Å². The molecule has 0 aliphatic carbocycles.